The summed E-state index contributed by atoms with van der Waals surface area (Å²) in [5.74, 6) is 0.354. The standard InChI is InChI=1S/C12H15FN2S/c1-8(2)11-7-14-12(16-11)15-10-6-4-3-5-9(10)13/h3-6,8,11H,7H2,1-2H3,(H,14,15). The third-order valence-electron chi connectivity index (χ3n) is 2.54. The molecule has 86 valence electrons. The summed E-state index contributed by atoms with van der Waals surface area (Å²) in [5, 5.41) is 4.36. The average molecular weight is 238 g/mol. The van der Waals surface area contributed by atoms with Crippen LogP contribution in [0.5, 0.6) is 0 Å². The van der Waals surface area contributed by atoms with Gasteiger partial charge < -0.3 is 5.32 Å². The van der Waals surface area contributed by atoms with Crippen LogP contribution in [0.3, 0.4) is 0 Å². The molecule has 0 fully saturated rings. The summed E-state index contributed by atoms with van der Waals surface area (Å²) in [6, 6.07) is 6.66. The van der Waals surface area contributed by atoms with Crippen LogP contribution in [-0.4, -0.2) is 17.0 Å². The number of halogens is 1. The van der Waals surface area contributed by atoms with Crippen LogP contribution < -0.4 is 5.32 Å². The monoisotopic (exact) mass is 238 g/mol. The minimum atomic E-state index is -0.237. The Bertz CT molecular complexity index is 404. The summed E-state index contributed by atoms with van der Waals surface area (Å²) in [6.45, 7) is 5.18. The van der Waals surface area contributed by atoms with Gasteiger partial charge in [-0.05, 0) is 18.1 Å². The Balaban J connectivity index is 2.00. The van der Waals surface area contributed by atoms with Crippen molar-refractivity contribution in [2.45, 2.75) is 19.1 Å². The quantitative estimate of drug-likeness (QED) is 0.854. The van der Waals surface area contributed by atoms with Gasteiger partial charge in [-0.1, -0.05) is 37.7 Å². The lowest BCUT2D eigenvalue weighted by Crippen LogP contribution is -2.13. The van der Waals surface area contributed by atoms with E-state index >= 15 is 0 Å². The highest BCUT2D eigenvalue weighted by molar-refractivity contribution is 8.15. The van der Waals surface area contributed by atoms with E-state index in [2.05, 4.69) is 24.2 Å². The van der Waals surface area contributed by atoms with Gasteiger partial charge in [-0.25, -0.2) is 4.39 Å². The molecule has 1 atom stereocenters. The summed E-state index contributed by atoms with van der Waals surface area (Å²) in [6.07, 6.45) is 0. The van der Waals surface area contributed by atoms with Crippen LogP contribution in [0.2, 0.25) is 0 Å². The van der Waals surface area contributed by atoms with Gasteiger partial charge in [0.05, 0.1) is 12.2 Å². The number of hydrogen-bond acceptors (Lipinski definition) is 3. The number of nitrogens with zero attached hydrogens (tertiary/aromatic N) is 1. The van der Waals surface area contributed by atoms with E-state index in [1.54, 1.807) is 23.9 Å². The van der Waals surface area contributed by atoms with Crippen molar-refractivity contribution in [3.63, 3.8) is 0 Å². The van der Waals surface area contributed by atoms with E-state index in [9.17, 15) is 4.39 Å². The summed E-state index contributed by atoms with van der Waals surface area (Å²) in [4.78, 5) is 4.38. The first-order valence-electron chi connectivity index (χ1n) is 5.39. The van der Waals surface area contributed by atoms with E-state index in [1.807, 2.05) is 6.07 Å². The van der Waals surface area contributed by atoms with Gasteiger partial charge in [0.2, 0.25) is 0 Å². The second-order valence-corrected chi connectivity index (χ2v) is 5.38. The Kier molecular flexibility index (Phi) is 3.49. The maximum atomic E-state index is 13.4. The molecule has 0 bridgehead atoms. The number of thioether (sulfide) groups is 1. The average Bonchev–Trinajstić information content (AvgIpc) is 2.70. The maximum Gasteiger partial charge on any atom is 0.161 e. The minimum absolute atomic E-state index is 0.237. The lowest BCUT2D eigenvalue weighted by molar-refractivity contribution is 0.621. The van der Waals surface area contributed by atoms with Gasteiger partial charge in [-0.3, -0.25) is 4.99 Å². The van der Waals surface area contributed by atoms with Crippen molar-refractivity contribution in [3.05, 3.63) is 30.1 Å². The number of hydrogen-bond donors (Lipinski definition) is 1. The number of rotatable bonds is 2. The van der Waals surface area contributed by atoms with Crippen molar-refractivity contribution in [3.8, 4) is 0 Å². The van der Waals surface area contributed by atoms with E-state index in [0.717, 1.165) is 11.7 Å². The van der Waals surface area contributed by atoms with Crippen LogP contribution in [0.15, 0.2) is 29.3 Å². The zero-order valence-corrected chi connectivity index (χ0v) is 10.2. The molecule has 0 saturated heterocycles. The molecule has 1 N–H and O–H groups in total. The molecule has 1 aromatic rings. The van der Waals surface area contributed by atoms with E-state index in [-0.39, 0.29) is 5.82 Å². The van der Waals surface area contributed by atoms with E-state index in [1.165, 1.54) is 6.07 Å². The van der Waals surface area contributed by atoms with Crippen LogP contribution >= 0.6 is 11.8 Å². The molecule has 0 radical (unpaired) electrons. The normalized spacial score (nSPS) is 20.0. The van der Waals surface area contributed by atoms with Crippen LogP contribution in [0.4, 0.5) is 10.1 Å². The molecule has 1 heterocycles. The fourth-order valence-electron chi connectivity index (χ4n) is 1.48. The third-order valence-corrected chi connectivity index (χ3v) is 3.99. The van der Waals surface area contributed by atoms with Gasteiger partial charge in [0.15, 0.2) is 5.17 Å². The Morgan fingerprint density at radius 2 is 2.19 bits per heavy atom. The summed E-state index contributed by atoms with van der Waals surface area (Å²) in [7, 11) is 0. The summed E-state index contributed by atoms with van der Waals surface area (Å²) >= 11 is 1.69. The highest BCUT2D eigenvalue weighted by Gasteiger charge is 2.22. The van der Waals surface area contributed by atoms with Crippen LogP contribution in [0, 0.1) is 11.7 Å². The highest BCUT2D eigenvalue weighted by atomic mass is 32.2. The molecule has 1 aromatic carbocycles. The number of amidine groups is 1. The molecule has 1 aliphatic heterocycles. The third kappa shape index (κ3) is 2.55. The molecule has 2 nitrogen and oxygen atoms in total. The van der Waals surface area contributed by atoms with Crippen LogP contribution in [0.1, 0.15) is 13.8 Å². The molecule has 1 aliphatic rings. The highest BCUT2D eigenvalue weighted by Crippen LogP contribution is 2.28. The second kappa shape index (κ2) is 4.87. The van der Waals surface area contributed by atoms with Gasteiger partial charge in [0.1, 0.15) is 5.82 Å². The number of para-hydroxylation sites is 1. The van der Waals surface area contributed by atoms with Crippen molar-refractivity contribution >= 4 is 22.6 Å². The van der Waals surface area contributed by atoms with Gasteiger partial charge in [-0.15, -0.1) is 0 Å². The van der Waals surface area contributed by atoms with E-state index < -0.39 is 0 Å². The molecule has 2 rings (SSSR count). The largest absolute Gasteiger partial charge is 0.333 e. The molecule has 0 spiro atoms. The van der Waals surface area contributed by atoms with Crippen molar-refractivity contribution < 1.29 is 4.39 Å². The minimum Gasteiger partial charge on any atom is -0.333 e. The van der Waals surface area contributed by atoms with Crippen LogP contribution in [0.25, 0.3) is 0 Å². The van der Waals surface area contributed by atoms with E-state index in [0.29, 0.717) is 16.9 Å². The summed E-state index contributed by atoms with van der Waals surface area (Å²) < 4.78 is 13.4. The van der Waals surface area contributed by atoms with Crippen molar-refractivity contribution in [1.82, 2.24) is 0 Å². The van der Waals surface area contributed by atoms with Gasteiger partial charge in [0, 0.05) is 5.25 Å². The van der Waals surface area contributed by atoms with Gasteiger partial charge in [0.25, 0.3) is 0 Å². The SMILES string of the molecule is CC(C)C1CN=C(Nc2ccccc2F)S1. The van der Waals surface area contributed by atoms with Gasteiger partial charge >= 0.3 is 0 Å². The summed E-state index contributed by atoms with van der Waals surface area (Å²) in [5.41, 5.74) is 0.498. The Morgan fingerprint density at radius 1 is 1.44 bits per heavy atom. The number of nitrogens with one attached hydrogen (secondary N) is 1. The van der Waals surface area contributed by atoms with Crippen molar-refractivity contribution in [1.29, 1.82) is 0 Å². The van der Waals surface area contributed by atoms with Crippen molar-refractivity contribution in [2.24, 2.45) is 10.9 Å². The molecule has 4 heteroatoms. The van der Waals surface area contributed by atoms with Crippen LogP contribution in [-0.2, 0) is 0 Å². The maximum absolute atomic E-state index is 13.4. The first-order chi connectivity index (χ1) is 7.66. The predicted octanol–water partition coefficient (Wildman–Crippen LogP) is 3.37. The molecular weight excluding hydrogens is 223 g/mol. The Morgan fingerprint density at radius 3 is 2.81 bits per heavy atom. The number of anilines is 1. The lowest BCUT2D eigenvalue weighted by atomic mass is 10.1. The zero-order valence-electron chi connectivity index (χ0n) is 9.40. The molecule has 0 aliphatic carbocycles. The zero-order chi connectivity index (χ0) is 11.5. The molecule has 0 amide bonds. The second-order valence-electron chi connectivity index (χ2n) is 4.15. The fraction of sp³-hybridized carbons (Fsp3) is 0.417. The fourth-order valence-corrected chi connectivity index (χ4v) is 2.51. The molecule has 16 heavy (non-hydrogen) atoms. The lowest BCUT2D eigenvalue weighted by Gasteiger charge is -2.12. The van der Waals surface area contributed by atoms with E-state index in [4.69, 9.17) is 0 Å². The Labute approximate surface area is 99.3 Å². The van der Waals surface area contributed by atoms with Crippen molar-refractivity contribution in [2.75, 3.05) is 11.9 Å². The molecule has 1 unspecified atom stereocenters. The first-order valence-corrected chi connectivity index (χ1v) is 6.27. The first kappa shape index (κ1) is 11.5. The predicted molar refractivity (Wildman–Crippen MR) is 68.5 cm³/mol. The molecular formula is C12H15FN2S. The molecule has 0 aromatic heterocycles. The Hall–Kier alpha value is -1.03. The smallest absolute Gasteiger partial charge is 0.161 e. The molecule has 0 saturated carbocycles. The topological polar surface area (TPSA) is 24.4 Å². The number of benzene rings is 1. The van der Waals surface area contributed by atoms with Gasteiger partial charge in [-0.2, -0.15) is 0 Å². The number of aliphatic imine (C=N–C) groups is 1.